The molecule has 1 aliphatic heterocycles. The lowest BCUT2D eigenvalue weighted by Crippen LogP contribution is -2.40. The van der Waals surface area contributed by atoms with Gasteiger partial charge in [0.2, 0.25) is 0 Å². The van der Waals surface area contributed by atoms with Crippen LogP contribution in [0.1, 0.15) is 30.9 Å². The summed E-state index contributed by atoms with van der Waals surface area (Å²) in [5.41, 5.74) is 4.93. The first-order valence-electron chi connectivity index (χ1n) is 8.22. The molecule has 0 unspecified atom stereocenters. The lowest BCUT2D eigenvalue weighted by atomic mass is 9.91. The summed E-state index contributed by atoms with van der Waals surface area (Å²) >= 11 is 3.55. The highest BCUT2D eigenvalue weighted by molar-refractivity contribution is 9.10. The molecule has 0 amide bonds. The Hall–Kier alpha value is -1.39. The van der Waals surface area contributed by atoms with Crippen molar-refractivity contribution in [2.75, 3.05) is 13.6 Å². The Balaban J connectivity index is 1.72. The second kappa shape index (κ2) is 7.02. The number of aliphatic imine (C=N–C) groups is 1. The number of aryl methyl sites for hydroxylation is 1. The fraction of sp³-hybridized carbons (Fsp3) is 0.421. The van der Waals surface area contributed by atoms with Gasteiger partial charge in [-0.2, -0.15) is 0 Å². The molecule has 1 heterocycles. The van der Waals surface area contributed by atoms with Crippen LogP contribution in [-0.2, 0) is 6.42 Å². The number of fused-ring (bicyclic) bond motifs is 1. The molecule has 0 radical (unpaired) electrons. The van der Waals surface area contributed by atoms with Crippen molar-refractivity contribution in [1.29, 1.82) is 0 Å². The first-order valence-corrected chi connectivity index (χ1v) is 9.01. The number of nitrogens with zero attached hydrogens (tertiary/aromatic N) is 1. The van der Waals surface area contributed by atoms with Crippen LogP contribution in [0.4, 0.5) is 0 Å². The second-order valence-electron chi connectivity index (χ2n) is 6.53. The molecule has 1 fully saturated rings. The van der Waals surface area contributed by atoms with Gasteiger partial charge in [0.1, 0.15) is 5.84 Å². The van der Waals surface area contributed by atoms with Crippen LogP contribution in [0.25, 0.3) is 6.08 Å². The lowest BCUT2D eigenvalue weighted by Gasteiger charge is -2.22. The van der Waals surface area contributed by atoms with Crippen molar-refractivity contribution >= 4 is 27.8 Å². The molecule has 1 aromatic rings. The van der Waals surface area contributed by atoms with Gasteiger partial charge in [-0.05, 0) is 66.6 Å². The zero-order chi connectivity index (χ0) is 16.4. The number of hydrogen-bond donors (Lipinski definition) is 2. The molecular formula is C19H24BrN3. The van der Waals surface area contributed by atoms with Crippen molar-refractivity contribution in [1.82, 2.24) is 10.6 Å². The minimum atomic E-state index is 0.319. The number of halogens is 1. The van der Waals surface area contributed by atoms with Crippen molar-refractivity contribution in [3.8, 4) is 0 Å². The first kappa shape index (κ1) is 16.5. The van der Waals surface area contributed by atoms with Crippen molar-refractivity contribution in [3.05, 3.63) is 51.6 Å². The average molecular weight is 374 g/mol. The summed E-state index contributed by atoms with van der Waals surface area (Å²) in [7, 11) is 1.85. The average Bonchev–Trinajstić information content (AvgIpc) is 2.98. The lowest BCUT2D eigenvalue weighted by molar-refractivity contribution is 0.644. The molecule has 2 N–H and O–H groups in total. The number of amidine groups is 1. The van der Waals surface area contributed by atoms with Crippen LogP contribution in [0, 0.1) is 5.92 Å². The highest BCUT2D eigenvalue weighted by Crippen LogP contribution is 2.29. The third-order valence-electron chi connectivity index (χ3n) is 4.69. The van der Waals surface area contributed by atoms with Crippen LogP contribution in [-0.4, -0.2) is 25.5 Å². The first-order chi connectivity index (χ1) is 11.1. The normalized spacial score (nSPS) is 24.1. The summed E-state index contributed by atoms with van der Waals surface area (Å²) in [6.45, 7) is 7.58. The van der Waals surface area contributed by atoms with E-state index in [2.05, 4.69) is 69.3 Å². The van der Waals surface area contributed by atoms with Crippen LogP contribution >= 0.6 is 15.9 Å². The van der Waals surface area contributed by atoms with Gasteiger partial charge in [-0.25, -0.2) is 0 Å². The van der Waals surface area contributed by atoms with Gasteiger partial charge < -0.3 is 10.6 Å². The van der Waals surface area contributed by atoms with E-state index in [4.69, 9.17) is 0 Å². The van der Waals surface area contributed by atoms with Crippen LogP contribution in [0.2, 0.25) is 0 Å². The number of allylic oxidation sites excluding steroid dienone is 1. The zero-order valence-corrected chi connectivity index (χ0v) is 15.4. The van der Waals surface area contributed by atoms with Crippen molar-refractivity contribution in [3.63, 3.8) is 0 Å². The van der Waals surface area contributed by atoms with Crippen LogP contribution in [0.3, 0.4) is 0 Å². The van der Waals surface area contributed by atoms with E-state index in [9.17, 15) is 0 Å². The van der Waals surface area contributed by atoms with E-state index >= 15 is 0 Å². The summed E-state index contributed by atoms with van der Waals surface area (Å²) in [6.07, 6.45) is 5.45. The molecule has 2 atom stereocenters. The molecule has 0 aromatic heterocycles. The maximum atomic E-state index is 4.44. The Morgan fingerprint density at radius 2 is 2.22 bits per heavy atom. The monoisotopic (exact) mass is 373 g/mol. The van der Waals surface area contributed by atoms with Gasteiger partial charge in [-0.15, -0.1) is 0 Å². The quantitative estimate of drug-likeness (QED) is 0.622. The third kappa shape index (κ3) is 3.75. The van der Waals surface area contributed by atoms with E-state index in [0.717, 1.165) is 41.8 Å². The minimum Gasteiger partial charge on any atom is -0.343 e. The molecule has 0 bridgehead atoms. The van der Waals surface area contributed by atoms with E-state index in [1.807, 2.05) is 7.05 Å². The highest BCUT2D eigenvalue weighted by atomic mass is 79.9. The highest BCUT2D eigenvalue weighted by Gasteiger charge is 2.25. The standard InChI is InChI=1S/C19H24BrN3/c1-12-8-18(22-11-12)19(21-3)23-13(2)14-4-5-16-10-17(20)7-6-15(16)9-14/h6-7,9-10,12,18,22H,2,4-5,8,11H2,1,3H3,(H,21,23)/t12-,18-/m0/s1. The molecule has 4 heteroatoms. The fourth-order valence-electron chi connectivity index (χ4n) is 3.35. The van der Waals surface area contributed by atoms with Gasteiger partial charge in [0.15, 0.2) is 0 Å². The molecule has 23 heavy (non-hydrogen) atoms. The Bertz CT molecular complexity index is 675. The van der Waals surface area contributed by atoms with Gasteiger partial charge in [0.25, 0.3) is 0 Å². The Morgan fingerprint density at radius 3 is 2.91 bits per heavy atom. The van der Waals surface area contributed by atoms with Gasteiger partial charge >= 0.3 is 0 Å². The summed E-state index contributed by atoms with van der Waals surface area (Å²) in [4.78, 5) is 4.44. The summed E-state index contributed by atoms with van der Waals surface area (Å²) in [5, 5.41) is 6.99. The molecule has 1 aromatic carbocycles. The summed E-state index contributed by atoms with van der Waals surface area (Å²) in [6, 6.07) is 6.79. The zero-order valence-electron chi connectivity index (χ0n) is 13.8. The number of benzene rings is 1. The second-order valence-corrected chi connectivity index (χ2v) is 7.44. The largest absolute Gasteiger partial charge is 0.343 e. The van der Waals surface area contributed by atoms with E-state index in [1.54, 1.807) is 0 Å². The summed E-state index contributed by atoms with van der Waals surface area (Å²) in [5.74, 6) is 1.70. The van der Waals surface area contributed by atoms with E-state index in [0.29, 0.717) is 12.0 Å². The maximum Gasteiger partial charge on any atom is 0.118 e. The van der Waals surface area contributed by atoms with E-state index in [-0.39, 0.29) is 0 Å². The van der Waals surface area contributed by atoms with E-state index in [1.165, 1.54) is 16.7 Å². The molecular weight excluding hydrogens is 350 g/mol. The molecule has 0 saturated carbocycles. The van der Waals surface area contributed by atoms with Gasteiger partial charge in [-0.3, -0.25) is 4.99 Å². The number of rotatable bonds is 3. The molecule has 2 aliphatic rings. The molecule has 122 valence electrons. The van der Waals surface area contributed by atoms with Gasteiger partial charge in [0.05, 0.1) is 6.04 Å². The van der Waals surface area contributed by atoms with Gasteiger partial charge in [0, 0.05) is 17.2 Å². The molecule has 3 rings (SSSR count). The van der Waals surface area contributed by atoms with Gasteiger partial charge in [-0.1, -0.05) is 35.5 Å². The van der Waals surface area contributed by atoms with Crippen molar-refractivity contribution < 1.29 is 0 Å². The summed E-state index contributed by atoms with van der Waals surface area (Å²) < 4.78 is 1.15. The smallest absolute Gasteiger partial charge is 0.118 e. The molecule has 1 saturated heterocycles. The Labute approximate surface area is 147 Å². The predicted octanol–water partition coefficient (Wildman–Crippen LogP) is 3.91. The molecule has 1 aliphatic carbocycles. The Morgan fingerprint density at radius 1 is 1.39 bits per heavy atom. The maximum absolute atomic E-state index is 4.44. The Kier molecular flexibility index (Phi) is 5.02. The number of hydrogen-bond acceptors (Lipinski definition) is 2. The number of nitrogens with one attached hydrogen (secondary N) is 2. The molecule has 0 spiro atoms. The fourth-order valence-corrected chi connectivity index (χ4v) is 3.76. The predicted molar refractivity (Wildman–Crippen MR) is 102 cm³/mol. The van der Waals surface area contributed by atoms with Crippen LogP contribution < -0.4 is 10.6 Å². The van der Waals surface area contributed by atoms with Crippen molar-refractivity contribution in [2.24, 2.45) is 10.9 Å². The SMILES string of the molecule is C=C(NC(=NC)[C@@H]1C[C@H](C)CN1)C1=Cc2ccc(Br)cc2CC1. The van der Waals surface area contributed by atoms with E-state index < -0.39 is 0 Å². The van der Waals surface area contributed by atoms with Crippen LogP contribution in [0.15, 0.2) is 45.5 Å². The minimum absolute atomic E-state index is 0.319. The topological polar surface area (TPSA) is 36.4 Å². The van der Waals surface area contributed by atoms with Crippen molar-refractivity contribution in [2.45, 2.75) is 32.2 Å². The third-order valence-corrected chi connectivity index (χ3v) is 5.18. The molecule has 3 nitrogen and oxygen atoms in total. The van der Waals surface area contributed by atoms with Crippen LogP contribution in [0.5, 0.6) is 0 Å².